The van der Waals surface area contributed by atoms with Gasteiger partial charge in [-0.1, -0.05) is 0 Å². The highest BCUT2D eigenvalue weighted by atomic mass is 16.8. The van der Waals surface area contributed by atoms with Crippen LogP contribution in [0.1, 0.15) is 13.8 Å². The van der Waals surface area contributed by atoms with Crippen LogP contribution in [0.2, 0.25) is 0 Å². The minimum atomic E-state index is -2.67. The maximum atomic E-state index is 13.0. The normalized spacial score (nSPS) is 51.5. The fourth-order valence-corrected chi connectivity index (χ4v) is 15.0. The van der Waals surface area contributed by atoms with Crippen molar-refractivity contribution in [3.63, 3.8) is 0 Å². The Kier molecular flexibility index (Phi) is 34.4. The number of ether oxygens (including phenoxy) is 19. The molecule has 53 heteroatoms. The van der Waals surface area contributed by atoms with Crippen molar-refractivity contribution in [1.82, 2.24) is 10.6 Å². The second kappa shape index (κ2) is 41.9. The molecule has 10 saturated heterocycles. The van der Waals surface area contributed by atoms with Gasteiger partial charge in [-0.25, -0.2) is 0 Å². The second-order valence-corrected chi connectivity index (χ2v) is 29.5. The lowest BCUT2D eigenvalue weighted by molar-refractivity contribution is -0.413. The average Bonchev–Trinajstić information content (AvgIpc) is 0.771. The highest BCUT2D eigenvalue weighted by Gasteiger charge is 2.62. The molecule has 0 aromatic heterocycles. The zero-order chi connectivity index (χ0) is 85.9. The van der Waals surface area contributed by atoms with E-state index in [0.717, 1.165) is 13.8 Å². The summed E-state index contributed by atoms with van der Waals surface area (Å²) in [6.45, 7) is -9.25. The van der Waals surface area contributed by atoms with E-state index < -0.39 is 385 Å². The highest BCUT2D eigenvalue weighted by molar-refractivity contribution is 5.73. The number of nitrogens with one attached hydrogen (secondary N) is 2. The van der Waals surface area contributed by atoms with E-state index in [2.05, 4.69) is 10.6 Å². The van der Waals surface area contributed by atoms with Crippen LogP contribution in [0.15, 0.2) is 0 Å². The number of hydrogen-bond acceptors (Lipinski definition) is 51. The molecular formula is C64H108N2O51. The monoisotopic (exact) mass is 1720 g/mol. The largest absolute Gasteiger partial charge is 0.394 e. The summed E-state index contributed by atoms with van der Waals surface area (Å²) >= 11 is 0. The summed E-state index contributed by atoms with van der Waals surface area (Å²) in [6.07, 6.45) is -104. The molecule has 0 aromatic rings. The molecule has 53 nitrogen and oxygen atoms in total. The number of carbonyl (C=O) groups is 2. The molecule has 0 unspecified atom stereocenters. The molecule has 117 heavy (non-hydrogen) atoms. The molecule has 0 aromatic carbocycles. The lowest BCUT2D eigenvalue weighted by Gasteiger charge is -2.51. The lowest BCUT2D eigenvalue weighted by atomic mass is 9.94. The smallest absolute Gasteiger partial charge is 0.217 e. The van der Waals surface area contributed by atoms with Gasteiger partial charge in [-0.05, 0) is 0 Å². The number of aliphatic hydroxyl groups excluding tert-OH is 30. The van der Waals surface area contributed by atoms with Crippen molar-refractivity contribution in [2.45, 2.75) is 321 Å². The Hall–Kier alpha value is -3.02. The van der Waals surface area contributed by atoms with E-state index >= 15 is 0 Å². The average molecular weight is 1720 g/mol. The van der Waals surface area contributed by atoms with Crippen LogP contribution in [0.3, 0.4) is 0 Å². The molecule has 0 aliphatic carbocycles. The standard InChI is InChI=1S/C64H108N2O51/c1-13(75)65-25-35(85)48(21(9-73)101-55(25)98)111-56-26(66-14(2)76)36(86)49(22(10-74)108-56)112-61-47(97)51(34(84)24(109-61)12-99-57-43(93)37(87)27(77)15(3-67)102-57)114-64-54(42(92)32(82)23(110-64)11-100-62-52(40(90)30(80)18(6-70)106-62)115-59-45(95)39(89)29(79)17(5-69)104-59)117-63-53(41(91)31(81)19(7-71)107-63)116-60-46(96)50(33(83)20(8-72)105-60)113-58-44(94)38(88)28(78)16(4-68)103-58/h15-64,67-74,77-98H,3-12H2,1-2H3,(H,65,75)(H,66,76)/t15-,16-,17-,18-,19-,20-,21-,22-,23-,24-,25-,26-,27-,28-,29-,30-,31-,32-,33-,34-,35-,36-,37+,38+,39+,40+,41+,42+,43+,44-,45+,46+,47+,48-,49-,50+,51+,52+,53+,54+,55-,56+,57+,58-,59-,60-,61+,62+,63-,64-/m1/s1. The van der Waals surface area contributed by atoms with Crippen molar-refractivity contribution in [3.8, 4) is 0 Å². The number of amides is 2. The molecule has 680 valence electrons. The predicted octanol–water partition coefficient (Wildman–Crippen LogP) is -22.5. The zero-order valence-electron chi connectivity index (χ0n) is 61.9. The summed E-state index contributed by atoms with van der Waals surface area (Å²) in [7, 11) is 0. The minimum Gasteiger partial charge on any atom is -0.394 e. The third-order valence-electron chi connectivity index (χ3n) is 21.7. The van der Waals surface area contributed by atoms with E-state index in [4.69, 9.17) is 90.0 Å². The Balaban J connectivity index is 1.01. The predicted molar refractivity (Wildman–Crippen MR) is 353 cm³/mol. The molecule has 0 bridgehead atoms. The molecule has 0 saturated carbocycles. The molecule has 50 atom stereocenters. The molecule has 0 radical (unpaired) electrons. The number of rotatable bonds is 30. The lowest BCUT2D eigenvalue weighted by Crippen LogP contribution is -2.70. The third kappa shape index (κ3) is 20.7. The molecule has 0 spiro atoms. The summed E-state index contributed by atoms with van der Waals surface area (Å²) < 4.78 is 111. The third-order valence-corrected chi connectivity index (χ3v) is 21.7. The van der Waals surface area contributed by atoms with Crippen molar-refractivity contribution in [2.75, 3.05) is 66.1 Å². The fraction of sp³-hybridized carbons (Fsp3) is 0.969. The minimum absolute atomic E-state index is 0.801. The van der Waals surface area contributed by atoms with Crippen LogP contribution < -0.4 is 10.6 Å². The van der Waals surface area contributed by atoms with Gasteiger partial charge < -0.3 is 254 Å². The van der Waals surface area contributed by atoms with Gasteiger partial charge in [0.15, 0.2) is 62.9 Å². The quantitative estimate of drug-likeness (QED) is 0.0318. The first-order valence-electron chi connectivity index (χ1n) is 37.2. The van der Waals surface area contributed by atoms with E-state index in [9.17, 15) is 163 Å². The highest BCUT2D eigenvalue weighted by Crippen LogP contribution is 2.41. The fourth-order valence-electron chi connectivity index (χ4n) is 15.0. The van der Waals surface area contributed by atoms with Crippen molar-refractivity contribution in [3.05, 3.63) is 0 Å². The van der Waals surface area contributed by atoms with Gasteiger partial charge in [-0.15, -0.1) is 0 Å². The van der Waals surface area contributed by atoms with Crippen LogP contribution in [0, 0.1) is 0 Å². The van der Waals surface area contributed by atoms with E-state index in [1.807, 2.05) is 0 Å². The topological polar surface area (TPSA) is 840 Å². The first kappa shape index (κ1) is 96.2. The van der Waals surface area contributed by atoms with E-state index in [0.29, 0.717) is 0 Å². The van der Waals surface area contributed by atoms with E-state index in [-0.39, 0.29) is 0 Å². The molecule has 10 aliphatic heterocycles. The second-order valence-electron chi connectivity index (χ2n) is 29.5. The molecule has 10 heterocycles. The summed E-state index contributed by atoms with van der Waals surface area (Å²) in [5.41, 5.74) is 0. The van der Waals surface area contributed by atoms with Gasteiger partial charge in [0.05, 0.1) is 66.1 Å². The summed E-state index contributed by atoms with van der Waals surface area (Å²) in [6, 6.07) is -3.62. The summed E-state index contributed by atoms with van der Waals surface area (Å²) in [5, 5.41) is 337. The van der Waals surface area contributed by atoms with Crippen molar-refractivity contribution in [2.24, 2.45) is 0 Å². The van der Waals surface area contributed by atoms with E-state index in [1.165, 1.54) is 0 Å². The van der Waals surface area contributed by atoms with E-state index in [1.54, 1.807) is 0 Å². The maximum Gasteiger partial charge on any atom is 0.217 e. The van der Waals surface area contributed by atoms with Crippen LogP contribution in [0.5, 0.6) is 0 Å². The molecular weight excluding hydrogens is 1610 g/mol. The Labute approximate surface area is 660 Å². The van der Waals surface area contributed by atoms with Gasteiger partial charge in [0.1, 0.15) is 244 Å². The Morgan fingerprint density at radius 3 is 0.897 bits per heavy atom. The van der Waals surface area contributed by atoms with Crippen LogP contribution in [0.4, 0.5) is 0 Å². The van der Waals surface area contributed by atoms with Gasteiger partial charge in [0, 0.05) is 13.8 Å². The van der Waals surface area contributed by atoms with Crippen molar-refractivity contribution in [1.29, 1.82) is 0 Å². The van der Waals surface area contributed by atoms with Crippen LogP contribution in [-0.2, 0) is 99.6 Å². The first-order valence-corrected chi connectivity index (χ1v) is 37.2. The molecule has 10 aliphatic rings. The van der Waals surface area contributed by atoms with Crippen molar-refractivity contribution < 1.29 is 253 Å². The van der Waals surface area contributed by atoms with Crippen LogP contribution in [-0.4, -0.2) is 538 Å². The zero-order valence-corrected chi connectivity index (χ0v) is 61.9. The Morgan fingerprint density at radius 2 is 0.470 bits per heavy atom. The first-order chi connectivity index (χ1) is 55.4. The number of hydrogen-bond donors (Lipinski definition) is 32. The SMILES string of the molecule is CC(=O)N[C@@H]1[C@@H](O)[C@H](O[C@@H]2O[C@H](CO)[C@@H](O[C@@H]3O[C@H](CO[C@H]4O[C@H](CO)[C@@H](O)[C@H](O)[C@@H]4O)[C@@H](O)[C@H](O[C@H]4O[C@H](CO[C@H]5O[C@H](CO)[C@@H](O)[C@H](O)[C@@H]5O[C@H]5O[C@H](CO)[C@@H](O)[C@H](O)[C@@H]5O)[C@@H](O)[C@H](O)[C@@H]4O[C@H]4O[C@H](CO)[C@@H](O)[C@H](O)[C@@H]4O[C@H]4O[C@H](CO)[C@@H](O)[C@H](O[C@H]5O[C@H](CO)[C@@H](O)[C@H](O)[C@H]5O)[C@@H]4O)[C@@H]3O)[C@H](O)[C@H]2NC(C)=O)[C@@H](CO)O[C@H]1O. The van der Waals surface area contributed by atoms with Crippen LogP contribution >= 0.6 is 0 Å². The van der Waals surface area contributed by atoms with Crippen LogP contribution in [0.25, 0.3) is 0 Å². The summed E-state index contributed by atoms with van der Waals surface area (Å²) in [5.74, 6) is -1.76. The Morgan fingerprint density at radius 1 is 0.222 bits per heavy atom. The molecule has 10 rings (SSSR count). The van der Waals surface area contributed by atoms with Gasteiger partial charge in [0.2, 0.25) is 11.8 Å². The maximum absolute atomic E-state index is 13.0. The number of aliphatic hydroxyl groups is 30. The molecule has 32 N–H and O–H groups in total. The summed E-state index contributed by atoms with van der Waals surface area (Å²) in [4.78, 5) is 25.2. The van der Waals surface area contributed by atoms with Gasteiger partial charge >= 0.3 is 0 Å². The molecule has 2 amide bonds. The van der Waals surface area contributed by atoms with Crippen molar-refractivity contribution >= 4 is 11.8 Å². The molecule has 10 fully saturated rings. The van der Waals surface area contributed by atoms with Gasteiger partial charge in [-0.2, -0.15) is 0 Å². The Bertz CT molecular complexity index is 3050. The van der Waals surface area contributed by atoms with Gasteiger partial charge in [-0.3, -0.25) is 9.59 Å². The van der Waals surface area contributed by atoms with Gasteiger partial charge in [0.25, 0.3) is 0 Å². The number of carbonyl (C=O) groups excluding carboxylic acids is 2.